The molecule has 30 heteroatoms. The van der Waals surface area contributed by atoms with Gasteiger partial charge >= 0.3 is 7.12 Å². The molecule has 518 valence electrons. The molecule has 0 aliphatic rings. The smallest absolute Gasteiger partial charge is 0.491 e. The molecule has 0 bridgehead atoms. The second-order valence-electron chi connectivity index (χ2n) is 19.3. The van der Waals surface area contributed by atoms with Gasteiger partial charge in [-0.05, 0) is 105 Å². The molecule has 0 saturated heterocycles. The van der Waals surface area contributed by atoms with E-state index in [1.54, 1.807) is 28.2 Å². The van der Waals surface area contributed by atoms with Crippen molar-refractivity contribution in [3.63, 3.8) is 0 Å². The van der Waals surface area contributed by atoms with Crippen molar-refractivity contribution in [1.29, 1.82) is 0 Å². The van der Waals surface area contributed by atoms with Crippen molar-refractivity contribution in [3.8, 4) is 61.8 Å². The summed E-state index contributed by atoms with van der Waals surface area (Å²) >= 11 is 0. The fraction of sp³-hybridized carbons (Fsp3) is 0.118. The van der Waals surface area contributed by atoms with E-state index in [1.807, 2.05) is 0 Å². The van der Waals surface area contributed by atoms with Crippen LogP contribution in [0.2, 0.25) is 0 Å². The third kappa shape index (κ3) is 21.2. The van der Waals surface area contributed by atoms with Gasteiger partial charge in [0.15, 0.2) is 122 Å². The van der Waals surface area contributed by atoms with Crippen molar-refractivity contribution < 1.29 is 113 Å². The number of azo groups is 2. The highest BCUT2D eigenvalue weighted by molar-refractivity contribution is 6.58. The average molecular weight is 1400 g/mol. The van der Waals surface area contributed by atoms with Gasteiger partial charge in [-0.15, -0.1) is 0 Å². The van der Waals surface area contributed by atoms with Crippen LogP contribution < -0.4 is 5.46 Å². The highest BCUT2D eigenvalue weighted by Crippen LogP contribution is 2.35. The first-order chi connectivity index (χ1) is 46.1. The molecule has 0 aromatic heterocycles. The molecule has 0 unspecified atom stereocenters. The molecule has 9 nitrogen and oxygen atoms in total. The molecule has 0 radical (unpaired) electrons. The summed E-state index contributed by atoms with van der Waals surface area (Å²) < 4.78 is 263. The van der Waals surface area contributed by atoms with E-state index in [2.05, 4.69) is 20.5 Å². The standard InChI is InChI=1S/C14H10F4.C13H8F4O.C13H8F4.C12H6F4O.C6H5BF2O2.C6H4F2O.2C2H6N2/c1-7-3-5-9(13(17)11(7)15)10-6-4-8(2)12(16)14(10)18;1-6-2-3-7(11(15)10(6)14)8-4-5-9(18)13(17)12(8)16;1-7-5-6-9(13(17)11(7)15)8-3-2-4-10(14)12(8)16;13-8-3-1-2-6(10(8)14)7-4-5-9(17)12(16)11(7)15;8-5-3-1-2-4(6(5)9)7(10)11;7-4-2-1-3-5(9)6(4)8;2*1-3-4-2/h3-6H,1-2H3;2-5,18H,1H3;2-6H,1H3;1-5,17H;1-3,10-11H;1-3,9H;2*1-2H3. The zero-order valence-corrected chi connectivity index (χ0v) is 52.0. The van der Waals surface area contributed by atoms with E-state index >= 15 is 0 Å². The maximum absolute atomic E-state index is 13.7. The molecular formula is C68H53BF20N4O5. The lowest BCUT2D eigenvalue weighted by atomic mass is 9.80. The van der Waals surface area contributed by atoms with Crippen LogP contribution in [0.1, 0.15) is 22.3 Å². The first kappa shape index (κ1) is 81.6. The zero-order valence-electron chi connectivity index (χ0n) is 52.0. The fourth-order valence-electron chi connectivity index (χ4n) is 7.55. The van der Waals surface area contributed by atoms with Crippen LogP contribution in [0.5, 0.6) is 17.2 Å². The summed E-state index contributed by atoms with van der Waals surface area (Å²) in [4.78, 5) is 0. The zero-order chi connectivity index (χ0) is 74.2. The summed E-state index contributed by atoms with van der Waals surface area (Å²) in [5.41, 5.74) is -2.87. The molecule has 10 aromatic rings. The predicted molar refractivity (Wildman–Crippen MR) is 327 cm³/mol. The lowest BCUT2D eigenvalue weighted by Crippen LogP contribution is -2.33. The highest BCUT2D eigenvalue weighted by atomic mass is 19.2. The summed E-state index contributed by atoms with van der Waals surface area (Å²) in [7, 11) is 4.59. The van der Waals surface area contributed by atoms with Crippen LogP contribution in [0, 0.1) is 144 Å². The van der Waals surface area contributed by atoms with Crippen LogP contribution in [0.15, 0.2) is 166 Å². The van der Waals surface area contributed by atoms with Crippen LogP contribution in [0.25, 0.3) is 44.5 Å². The SMILES string of the molecule is CN=NC.CN=NC.Cc1ccc(-c2ccc(C)c(F)c2F)c(F)c1F.Cc1ccc(-c2ccc(O)c(F)c2F)c(F)c1F.Cc1ccc(-c2cccc(F)c2F)c(F)c1F.OB(O)c1cccc(F)c1F.Oc1ccc(-c2cccc(F)c2F)c(F)c1F.Oc1cccc(F)c1F. The molecule has 0 fully saturated rings. The van der Waals surface area contributed by atoms with Crippen molar-refractivity contribution in [2.24, 2.45) is 20.5 Å². The number of halogens is 20. The van der Waals surface area contributed by atoms with Crippen LogP contribution in [-0.4, -0.2) is 60.7 Å². The molecule has 0 saturated carbocycles. The Hall–Kier alpha value is -10.6. The van der Waals surface area contributed by atoms with Crippen LogP contribution in [0.3, 0.4) is 0 Å². The van der Waals surface area contributed by atoms with Crippen molar-refractivity contribution in [3.05, 3.63) is 284 Å². The van der Waals surface area contributed by atoms with Crippen molar-refractivity contribution in [1.82, 2.24) is 0 Å². The normalized spacial score (nSPS) is 10.4. The molecule has 98 heavy (non-hydrogen) atoms. The second kappa shape index (κ2) is 38.2. The number of hydrogen-bond donors (Lipinski definition) is 5. The largest absolute Gasteiger partial charge is 0.505 e. The lowest BCUT2D eigenvalue weighted by Gasteiger charge is -2.09. The number of phenols is 3. The fourth-order valence-corrected chi connectivity index (χ4v) is 7.55. The van der Waals surface area contributed by atoms with Crippen molar-refractivity contribution in [2.75, 3.05) is 28.2 Å². The molecule has 0 heterocycles. The molecule has 0 aliphatic heterocycles. The Morgan fingerprint density at radius 1 is 0.224 bits per heavy atom. The van der Waals surface area contributed by atoms with Crippen LogP contribution in [-0.2, 0) is 0 Å². The number of nitrogens with zero attached hydrogens (tertiary/aromatic N) is 4. The molecule has 0 spiro atoms. The van der Waals surface area contributed by atoms with Gasteiger partial charge in [0.25, 0.3) is 0 Å². The van der Waals surface area contributed by atoms with Gasteiger partial charge in [0, 0.05) is 78.2 Å². The Bertz CT molecular complexity index is 4090. The summed E-state index contributed by atoms with van der Waals surface area (Å²) in [6.07, 6.45) is 0. The van der Waals surface area contributed by atoms with Crippen LogP contribution in [0.4, 0.5) is 87.8 Å². The van der Waals surface area contributed by atoms with Crippen molar-refractivity contribution >= 4 is 12.6 Å². The van der Waals surface area contributed by atoms with Gasteiger partial charge in [0.2, 0.25) is 11.6 Å². The number of aryl methyl sites for hydroxylation is 4. The first-order valence-corrected chi connectivity index (χ1v) is 27.4. The minimum Gasteiger partial charge on any atom is -0.505 e. The molecule has 0 atom stereocenters. The number of rotatable bonds is 5. The number of hydrogen-bond acceptors (Lipinski definition) is 9. The second-order valence-corrected chi connectivity index (χ2v) is 19.3. The van der Waals surface area contributed by atoms with E-state index < -0.39 is 168 Å². The monoisotopic (exact) mass is 1400 g/mol. The number of benzene rings is 10. The molecule has 0 amide bonds. The molecule has 0 aliphatic carbocycles. The van der Waals surface area contributed by atoms with Gasteiger partial charge in [0.05, 0.1) is 0 Å². The quantitative estimate of drug-likeness (QED) is 0.0661. The van der Waals surface area contributed by atoms with Crippen molar-refractivity contribution in [2.45, 2.75) is 27.7 Å². The molecular weight excluding hydrogens is 1340 g/mol. The summed E-state index contributed by atoms with van der Waals surface area (Å²) in [5, 5.41) is 56.8. The Morgan fingerprint density at radius 3 is 0.684 bits per heavy atom. The van der Waals surface area contributed by atoms with Gasteiger partial charge in [-0.1, -0.05) is 91.0 Å². The molecule has 10 rings (SSSR count). The third-order valence-electron chi connectivity index (χ3n) is 12.9. The summed E-state index contributed by atoms with van der Waals surface area (Å²) in [6.45, 7) is 5.54. The Balaban J connectivity index is 0.000000303. The van der Waals surface area contributed by atoms with E-state index in [9.17, 15) is 87.8 Å². The number of phenolic OH excluding ortho intramolecular Hbond substituents is 3. The lowest BCUT2D eigenvalue weighted by molar-refractivity contribution is 0.407. The van der Waals surface area contributed by atoms with Gasteiger partial charge in [0.1, 0.15) is 0 Å². The van der Waals surface area contributed by atoms with E-state index in [0.29, 0.717) is 0 Å². The number of aromatic hydroxyl groups is 3. The summed E-state index contributed by atoms with van der Waals surface area (Å²) in [5.74, 6) is -26.5. The molecule has 10 aromatic carbocycles. The summed E-state index contributed by atoms with van der Waals surface area (Å²) in [6, 6.07) is 26.8. The third-order valence-corrected chi connectivity index (χ3v) is 12.9. The van der Waals surface area contributed by atoms with Crippen LogP contribution >= 0.6 is 0 Å². The Kier molecular flexibility index (Phi) is 31.8. The average Bonchev–Trinajstić information content (AvgIpc) is 0.827. The van der Waals surface area contributed by atoms with Gasteiger partial charge in [-0.3, -0.25) is 0 Å². The Morgan fingerprint density at radius 2 is 0.439 bits per heavy atom. The van der Waals surface area contributed by atoms with Gasteiger partial charge in [-0.2, -0.15) is 33.6 Å². The first-order valence-electron chi connectivity index (χ1n) is 27.4. The maximum Gasteiger partial charge on any atom is 0.491 e. The molecule has 5 N–H and O–H groups in total. The minimum atomic E-state index is -1.97. The highest BCUT2D eigenvalue weighted by Gasteiger charge is 2.24. The van der Waals surface area contributed by atoms with E-state index in [0.717, 1.165) is 72.8 Å². The van der Waals surface area contributed by atoms with Gasteiger partial charge < -0.3 is 25.4 Å². The maximum atomic E-state index is 13.7. The predicted octanol–water partition coefficient (Wildman–Crippen LogP) is 19.0. The van der Waals surface area contributed by atoms with E-state index in [-0.39, 0.29) is 44.5 Å². The van der Waals surface area contributed by atoms with Gasteiger partial charge in [-0.25, -0.2) is 74.6 Å². The Labute approximate surface area is 546 Å². The van der Waals surface area contributed by atoms with E-state index in [1.165, 1.54) is 100 Å². The minimum absolute atomic E-state index is 0.0657. The van der Waals surface area contributed by atoms with E-state index in [4.69, 9.17) is 25.4 Å². The topological polar surface area (TPSA) is 151 Å².